The minimum atomic E-state index is -0.734. The molecule has 3 atom stereocenters. The highest BCUT2D eigenvalue weighted by Crippen LogP contribution is 2.59. The molecule has 0 fully saturated rings. The molecular weight excluding hydrogens is 328 g/mol. The van der Waals surface area contributed by atoms with Crippen molar-refractivity contribution in [1.29, 1.82) is 10.5 Å². The standard InChI is InChI=1S/C25H18N2/c1-16-11-12-19-21(14-26)18-9-5-6-10-22(18)25(15-27)23(13-20(16)24(19)25)17-7-3-2-4-8-17/h2-12,21,23H,13H2,1H3/t21-,23-,25+/m0/s1. The summed E-state index contributed by atoms with van der Waals surface area (Å²) < 4.78 is 0. The van der Waals surface area contributed by atoms with Crippen LogP contribution in [-0.4, -0.2) is 0 Å². The van der Waals surface area contributed by atoms with Gasteiger partial charge in [-0.2, -0.15) is 10.5 Å². The first-order chi connectivity index (χ1) is 13.2. The Balaban J connectivity index is 1.92. The Morgan fingerprint density at radius 2 is 1.63 bits per heavy atom. The van der Waals surface area contributed by atoms with Gasteiger partial charge in [-0.25, -0.2) is 0 Å². The van der Waals surface area contributed by atoms with E-state index in [1.807, 2.05) is 36.4 Å². The molecule has 0 saturated carbocycles. The molecule has 0 bridgehead atoms. The average molecular weight is 346 g/mol. The van der Waals surface area contributed by atoms with Gasteiger partial charge in [0.05, 0.1) is 18.1 Å². The molecule has 0 N–H and O–H groups in total. The van der Waals surface area contributed by atoms with Gasteiger partial charge in [0.1, 0.15) is 5.41 Å². The van der Waals surface area contributed by atoms with Crippen LogP contribution in [-0.2, 0) is 11.8 Å². The van der Waals surface area contributed by atoms with Crippen molar-refractivity contribution >= 4 is 0 Å². The van der Waals surface area contributed by atoms with Gasteiger partial charge >= 0.3 is 0 Å². The topological polar surface area (TPSA) is 47.6 Å². The highest BCUT2D eigenvalue weighted by Gasteiger charge is 2.55. The number of fused-ring (bicyclic) bond motifs is 2. The maximum Gasteiger partial charge on any atom is 0.115 e. The van der Waals surface area contributed by atoms with E-state index < -0.39 is 5.41 Å². The van der Waals surface area contributed by atoms with Gasteiger partial charge in [0, 0.05) is 5.92 Å². The van der Waals surface area contributed by atoms with Gasteiger partial charge in [-0.1, -0.05) is 66.7 Å². The number of aryl methyl sites for hydroxylation is 1. The Hall–Kier alpha value is -3.36. The van der Waals surface area contributed by atoms with Gasteiger partial charge in [0.15, 0.2) is 0 Å². The van der Waals surface area contributed by atoms with Crippen molar-refractivity contribution < 1.29 is 0 Å². The first kappa shape index (κ1) is 15.9. The summed E-state index contributed by atoms with van der Waals surface area (Å²) >= 11 is 0. The molecule has 0 heterocycles. The lowest BCUT2D eigenvalue weighted by molar-refractivity contribution is 0.531. The van der Waals surface area contributed by atoms with Crippen molar-refractivity contribution in [1.82, 2.24) is 0 Å². The van der Waals surface area contributed by atoms with Crippen molar-refractivity contribution in [3.8, 4) is 12.1 Å². The van der Waals surface area contributed by atoms with Crippen molar-refractivity contribution in [3.63, 3.8) is 0 Å². The Labute approximate surface area is 159 Å². The predicted molar refractivity (Wildman–Crippen MR) is 104 cm³/mol. The number of hydrogen-bond acceptors (Lipinski definition) is 2. The zero-order valence-corrected chi connectivity index (χ0v) is 15.1. The van der Waals surface area contributed by atoms with Crippen LogP contribution in [0.1, 0.15) is 50.8 Å². The van der Waals surface area contributed by atoms with Gasteiger partial charge in [0.25, 0.3) is 0 Å². The van der Waals surface area contributed by atoms with Crippen LogP contribution in [0.4, 0.5) is 0 Å². The van der Waals surface area contributed by atoms with E-state index in [9.17, 15) is 10.5 Å². The van der Waals surface area contributed by atoms with E-state index in [1.165, 1.54) is 16.7 Å². The van der Waals surface area contributed by atoms with Gasteiger partial charge in [-0.15, -0.1) is 0 Å². The summed E-state index contributed by atoms with van der Waals surface area (Å²) in [7, 11) is 0. The van der Waals surface area contributed by atoms with Crippen LogP contribution in [0.15, 0.2) is 66.7 Å². The third kappa shape index (κ3) is 1.88. The lowest BCUT2D eigenvalue weighted by Gasteiger charge is -2.38. The Kier molecular flexibility index (Phi) is 3.27. The van der Waals surface area contributed by atoms with Gasteiger partial charge in [-0.05, 0) is 52.3 Å². The predicted octanol–water partition coefficient (Wildman–Crippen LogP) is 5.11. The first-order valence-electron chi connectivity index (χ1n) is 9.30. The maximum atomic E-state index is 10.6. The summed E-state index contributed by atoms with van der Waals surface area (Å²) in [4.78, 5) is 0. The monoisotopic (exact) mass is 346 g/mol. The molecule has 2 heteroatoms. The Morgan fingerprint density at radius 3 is 2.37 bits per heavy atom. The molecular formula is C25H18N2. The quantitative estimate of drug-likeness (QED) is 0.614. The first-order valence-corrected chi connectivity index (χ1v) is 9.30. The van der Waals surface area contributed by atoms with E-state index in [1.54, 1.807) is 0 Å². The summed E-state index contributed by atoms with van der Waals surface area (Å²) in [5, 5.41) is 20.6. The average Bonchev–Trinajstić information content (AvgIpc) is 3.09. The maximum absolute atomic E-state index is 10.6. The van der Waals surface area contributed by atoms with Crippen molar-refractivity contribution in [2.45, 2.75) is 30.6 Å². The molecule has 0 radical (unpaired) electrons. The van der Waals surface area contributed by atoms with Crippen LogP contribution in [0.25, 0.3) is 0 Å². The number of nitriles is 2. The molecule has 5 rings (SSSR count). The van der Waals surface area contributed by atoms with Crippen LogP contribution in [0.3, 0.4) is 0 Å². The summed E-state index contributed by atoms with van der Waals surface area (Å²) in [6.45, 7) is 2.12. The minimum absolute atomic E-state index is 0.0549. The SMILES string of the molecule is Cc1ccc2c3c1C[C@@H](c1ccccc1)[C@@]3(C#N)c1ccccc1[C@@H]2C#N. The van der Waals surface area contributed by atoms with Crippen LogP contribution in [0.2, 0.25) is 0 Å². The van der Waals surface area contributed by atoms with E-state index in [4.69, 9.17) is 0 Å². The third-order valence-electron chi connectivity index (χ3n) is 6.42. The Morgan fingerprint density at radius 1 is 0.889 bits per heavy atom. The van der Waals surface area contributed by atoms with Crippen molar-refractivity contribution in [2.75, 3.05) is 0 Å². The fourth-order valence-corrected chi connectivity index (χ4v) is 5.25. The molecule has 3 aromatic carbocycles. The van der Waals surface area contributed by atoms with Gasteiger partial charge < -0.3 is 0 Å². The second-order valence-electron chi connectivity index (χ2n) is 7.56. The molecule has 27 heavy (non-hydrogen) atoms. The van der Waals surface area contributed by atoms with Crippen LogP contribution in [0.5, 0.6) is 0 Å². The second-order valence-corrected chi connectivity index (χ2v) is 7.56. The van der Waals surface area contributed by atoms with E-state index in [-0.39, 0.29) is 11.8 Å². The molecule has 2 nitrogen and oxygen atoms in total. The minimum Gasteiger partial charge on any atom is -0.197 e. The highest BCUT2D eigenvalue weighted by atomic mass is 14.6. The zero-order chi connectivity index (χ0) is 18.6. The smallest absolute Gasteiger partial charge is 0.115 e. The fourth-order valence-electron chi connectivity index (χ4n) is 5.25. The largest absolute Gasteiger partial charge is 0.197 e. The lowest BCUT2D eigenvalue weighted by atomic mass is 9.60. The summed E-state index contributed by atoms with van der Waals surface area (Å²) in [6.07, 6.45) is 0.832. The summed E-state index contributed by atoms with van der Waals surface area (Å²) in [6, 6.07) is 27.8. The molecule has 2 aliphatic carbocycles. The third-order valence-corrected chi connectivity index (χ3v) is 6.42. The van der Waals surface area contributed by atoms with E-state index >= 15 is 0 Å². The number of nitrogens with zero attached hydrogens (tertiary/aromatic N) is 2. The molecule has 0 amide bonds. The molecule has 3 aromatic rings. The zero-order valence-electron chi connectivity index (χ0n) is 15.1. The second kappa shape index (κ2) is 5.57. The number of hydrogen-bond donors (Lipinski definition) is 0. The molecule has 0 aromatic heterocycles. The molecule has 0 unspecified atom stereocenters. The van der Waals surface area contributed by atoms with Crippen LogP contribution >= 0.6 is 0 Å². The fraction of sp³-hybridized carbons (Fsp3) is 0.200. The summed E-state index contributed by atoms with van der Waals surface area (Å²) in [5.74, 6) is -0.258. The normalized spacial score (nSPS) is 24.4. The van der Waals surface area contributed by atoms with Gasteiger partial charge in [0.2, 0.25) is 0 Å². The lowest BCUT2D eigenvalue weighted by Crippen LogP contribution is -2.36. The van der Waals surface area contributed by atoms with Gasteiger partial charge in [-0.3, -0.25) is 0 Å². The number of rotatable bonds is 1. The highest BCUT2D eigenvalue weighted by molar-refractivity contribution is 5.70. The molecule has 0 saturated heterocycles. The molecule has 0 spiro atoms. The van der Waals surface area contributed by atoms with Crippen LogP contribution < -0.4 is 0 Å². The van der Waals surface area contributed by atoms with E-state index in [0.717, 1.165) is 28.7 Å². The van der Waals surface area contributed by atoms with E-state index in [2.05, 4.69) is 49.4 Å². The van der Waals surface area contributed by atoms with Crippen molar-refractivity contribution in [3.05, 3.63) is 106 Å². The molecule has 128 valence electrons. The summed E-state index contributed by atoms with van der Waals surface area (Å²) in [5.41, 5.74) is 6.99. The molecule has 0 aliphatic heterocycles. The van der Waals surface area contributed by atoms with Crippen molar-refractivity contribution in [2.24, 2.45) is 0 Å². The molecule has 2 aliphatic rings. The van der Waals surface area contributed by atoms with Crippen LogP contribution in [0, 0.1) is 29.6 Å². The number of benzene rings is 3. The Bertz CT molecular complexity index is 1150. The van der Waals surface area contributed by atoms with E-state index in [0.29, 0.717) is 0 Å².